The molecule has 0 amide bonds. The summed E-state index contributed by atoms with van der Waals surface area (Å²) in [6, 6.07) is 23.5. The number of sulfonamides is 1. The van der Waals surface area contributed by atoms with Crippen LogP contribution in [0, 0.1) is 0 Å². The Morgan fingerprint density at radius 3 is 1.97 bits per heavy atom. The average molecular weight is 438 g/mol. The first kappa shape index (κ1) is 21.4. The summed E-state index contributed by atoms with van der Waals surface area (Å²) in [5.41, 5.74) is 1.98. The molecule has 0 N–H and O–H groups in total. The predicted molar refractivity (Wildman–Crippen MR) is 123 cm³/mol. The van der Waals surface area contributed by atoms with Gasteiger partial charge in [-0.25, -0.2) is 12.7 Å². The molecule has 0 saturated carbocycles. The fourth-order valence-corrected chi connectivity index (χ4v) is 4.91. The number of benzene rings is 3. The van der Waals surface area contributed by atoms with Crippen LogP contribution >= 0.6 is 0 Å². The van der Waals surface area contributed by atoms with E-state index in [-0.39, 0.29) is 16.4 Å². The molecule has 0 spiro atoms. The minimum Gasteiger partial charge on any atom is -0.489 e. The molecule has 6 heteroatoms. The van der Waals surface area contributed by atoms with Crippen molar-refractivity contribution in [3.05, 3.63) is 84.4 Å². The van der Waals surface area contributed by atoms with E-state index in [0.717, 1.165) is 5.56 Å². The largest absolute Gasteiger partial charge is 0.489 e. The first-order valence-electron chi connectivity index (χ1n) is 10.3. The topological polar surface area (TPSA) is 59.1 Å². The van der Waals surface area contributed by atoms with E-state index in [0.29, 0.717) is 30.3 Å². The van der Waals surface area contributed by atoms with Crippen LogP contribution in [0.25, 0.3) is 0 Å². The Labute approximate surface area is 184 Å². The normalized spacial score (nSPS) is 16.0. The summed E-state index contributed by atoms with van der Waals surface area (Å²) < 4.78 is 40.6. The number of nitrogens with zero attached hydrogens (tertiary/aromatic N) is 1. The lowest BCUT2D eigenvalue weighted by molar-refractivity contribution is 0.257. The zero-order chi connectivity index (χ0) is 22.1. The highest BCUT2D eigenvalue weighted by atomic mass is 32.2. The average Bonchev–Trinajstić information content (AvgIpc) is 3.57. The molecule has 0 aromatic heterocycles. The van der Waals surface area contributed by atoms with Crippen molar-refractivity contribution in [2.45, 2.75) is 37.2 Å². The second kappa shape index (κ2) is 8.36. The van der Waals surface area contributed by atoms with Gasteiger partial charge in [0.25, 0.3) is 10.0 Å². The Morgan fingerprint density at radius 1 is 0.935 bits per heavy atom. The van der Waals surface area contributed by atoms with Crippen LogP contribution in [0.5, 0.6) is 5.75 Å². The highest BCUT2D eigenvalue weighted by molar-refractivity contribution is 7.93. The Kier molecular flexibility index (Phi) is 5.77. The molecule has 3 aromatic rings. The molecule has 3 aromatic carbocycles. The number of anilines is 2. The fourth-order valence-electron chi connectivity index (χ4n) is 3.30. The maximum atomic E-state index is 14.0. The highest BCUT2D eigenvalue weighted by Gasteiger charge is 2.32. The van der Waals surface area contributed by atoms with Gasteiger partial charge in [-0.3, -0.25) is 0 Å². The molecular formula is C25H27NO4S. The smallest absolute Gasteiger partial charge is 0.272 e. The summed E-state index contributed by atoms with van der Waals surface area (Å²) in [5, 5.41) is 0. The lowest BCUT2D eigenvalue weighted by atomic mass is 9.87. The number of hydrogen-bond donors (Lipinski definition) is 0. The molecule has 1 atom stereocenters. The van der Waals surface area contributed by atoms with Gasteiger partial charge in [-0.15, -0.1) is 0 Å². The Balaban J connectivity index is 1.84. The quantitative estimate of drug-likeness (QED) is 0.471. The molecule has 5 nitrogen and oxygen atoms in total. The maximum absolute atomic E-state index is 14.0. The Hall–Kier alpha value is -2.83. The van der Waals surface area contributed by atoms with E-state index in [1.165, 1.54) is 4.31 Å². The molecule has 0 aliphatic carbocycles. The van der Waals surface area contributed by atoms with Gasteiger partial charge in [0, 0.05) is 0 Å². The molecule has 1 fully saturated rings. The third kappa shape index (κ3) is 4.75. The van der Waals surface area contributed by atoms with Crippen LogP contribution in [0.4, 0.5) is 11.4 Å². The van der Waals surface area contributed by atoms with Crippen molar-refractivity contribution in [2.75, 3.05) is 17.5 Å². The number of epoxide rings is 1. The van der Waals surface area contributed by atoms with Crippen molar-refractivity contribution in [2.24, 2.45) is 0 Å². The molecular weight excluding hydrogens is 410 g/mol. The van der Waals surface area contributed by atoms with E-state index >= 15 is 0 Å². The summed E-state index contributed by atoms with van der Waals surface area (Å²) >= 11 is 0. The standard InChI is InChI=1S/C25H27NO4S/c1-25(2,3)19-14-15-24(23(16-19)30-18-22-17-29-22)31(27,28)26(20-10-6-4-7-11-20)21-12-8-5-9-13-21/h4-16,22H,17-18H2,1-3H3. The van der Waals surface area contributed by atoms with Gasteiger partial charge in [-0.2, -0.15) is 0 Å². The van der Waals surface area contributed by atoms with Gasteiger partial charge in [0.1, 0.15) is 23.4 Å². The Morgan fingerprint density at radius 2 is 1.48 bits per heavy atom. The van der Waals surface area contributed by atoms with Crippen LogP contribution in [0.1, 0.15) is 26.3 Å². The van der Waals surface area contributed by atoms with E-state index in [1.54, 1.807) is 30.3 Å². The molecule has 31 heavy (non-hydrogen) atoms. The lowest BCUT2D eigenvalue weighted by Crippen LogP contribution is -2.27. The number of ether oxygens (including phenoxy) is 2. The lowest BCUT2D eigenvalue weighted by Gasteiger charge is -2.27. The van der Waals surface area contributed by atoms with E-state index in [4.69, 9.17) is 9.47 Å². The van der Waals surface area contributed by atoms with Crippen LogP contribution in [-0.2, 0) is 20.2 Å². The fraction of sp³-hybridized carbons (Fsp3) is 0.280. The van der Waals surface area contributed by atoms with E-state index in [2.05, 4.69) is 20.8 Å². The summed E-state index contributed by atoms with van der Waals surface area (Å²) in [6.07, 6.45) is 0.0215. The van der Waals surface area contributed by atoms with Crippen molar-refractivity contribution in [3.8, 4) is 5.75 Å². The number of rotatable bonds is 7. The van der Waals surface area contributed by atoms with Crippen LogP contribution in [0.15, 0.2) is 83.8 Å². The van der Waals surface area contributed by atoms with Gasteiger partial charge in [0.2, 0.25) is 0 Å². The van der Waals surface area contributed by atoms with Crippen molar-refractivity contribution >= 4 is 21.4 Å². The van der Waals surface area contributed by atoms with Crippen LogP contribution < -0.4 is 9.04 Å². The van der Waals surface area contributed by atoms with E-state index in [1.807, 2.05) is 48.5 Å². The molecule has 0 bridgehead atoms. The number of para-hydroxylation sites is 2. The Bertz CT molecular complexity index is 1100. The molecule has 0 radical (unpaired) electrons. The maximum Gasteiger partial charge on any atom is 0.272 e. The monoisotopic (exact) mass is 437 g/mol. The van der Waals surface area contributed by atoms with E-state index < -0.39 is 10.0 Å². The number of hydrogen-bond acceptors (Lipinski definition) is 4. The van der Waals surface area contributed by atoms with Crippen LogP contribution in [0.2, 0.25) is 0 Å². The molecule has 1 aliphatic heterocycles. The third-order valence-electron chi connectivity index (χ3n) is 5.14. The second-order valence-corrected chi connectivity index (χ2v) is 10.4. The van der Waals surface area contributed by atoms with Crippen molar-refractivity contribution < 1.29 is 17.9 Å². The van der Waals surface area contributed by atoms with Crippen molar-refractivity contribution in [3.63, 3.8) is 0 Å². The van der Waals surface area contributed by atoms with Gasteiger partial charge >= 0.3 is 0 Å². The second-order valence-electron chi connectivity index (χ2n) is 8.62. The minimum atomic E-state index is -3.96. The minimum absolute atomic E-state index is 0.0215. The summed E-state index contributed by atoms with van der Waals surface area (Å²) in [6.45, 7) is 7.23. The van der Waals surface area contributed by atoms with Crippen molar-refractivity contribution in [1.82, 2.24) is 0 Å². The summed E-state index contributed by atoms with van der Waals surface area (Å²) in [7, 11) is -3.96. The predicted octanol–water partition coefficient (Wildman–Crippen LogP) is 5.29. The summed E-state index contributed by atoms with van der Waals surface area (Å²) in [5.74, 6) is 0.347. The third-order valence-corrected chi connectivity index (χ3v) is 6.93. The first-order valence-corrected chi connectivity index (χ1v) is 11.8. The molecule has 1 saturated heterocycles. The van der Waals surface area contributed by atoms with Gasteiger partial charge in [0.15, 0.2) is 0 Å². The zero-order valence-corrected chi connectivity index (χ0v) is 18.8. The van der Waals surface area contributed by atoms with Crippen LogP contribution in [-0.4, -0.2) is 27.7 Å². The van der Waals surface area contributed by atoms with Gasteiger partial charge in [0.05, 0.1) is 18.0 Å². The molecule has 1 aliphatic rings. The van der Waals surface area contributed by atoms with Gasteiger partial charge in [-0.1, -0.05) is 63.2 Å². The summed E-state index contributed by atoms with van der Waals surface area (Å²) in [4.78, 5) is 0.133. The van der Waals surface area contributed by atoms with Gasteiger partial charge < -0.3 is 9.47 Å². The molecule has 1 unspecified atom stereocenters. The molecule has 4 rings (SSSR count). The van der Waals surface area contributed by atoms with Crippen LogP contribution in [0.3, 0.4) is 0 Å². The highest BCUT2D eigenvalue weighted by Crippen LogP contribution is 2.38. The zero-order valence-electron chi connectivity index (χ0n) is 18.0. The SMILES string of the molecule is CC(C)(C)c1ccc(S(=O)(=O)N(c2ccccc2)c2ccccc2)c(OCC2CO2)c1. The van der Waals surface area contributed by atoms with Crippen molar-refractivity contribution in [1.29, 1.82) is 0 Å². The first-order chi connectivity index (χ1) is 14.8. The molecule has 1 heterocycles. The molecule has 162 valence electrons. The van der Waals surface area contributed by atoms with E-state index in [9.17, 15) is 8.42 Å². The van der Waals surface area contributed by atoms with Gasteiger partial charge in [-0.05, 0) is 47.4 Å².